The topological polar surface area (TPSA) is 42.4 Å². The number of rotatable bonds is 4. The molecule has 1 amide bonds. The van der Waals surface area contributed by atoms with E-state index in [-0.39, 0.29) is 5.91 Å². The molecule has 0 saturated carbocycles. The SMILES string of the molecule is COc1ncccc1CN(C)C(=O)c1ccsc1. The minimum atomic E-state index is 0.00200. The van der Waals surface area contributed by atoms with Gasteiger partial charge in [-0.05, 0) is 17.5 Å². The third-order valence-corrected chi connectivity index (χ3v) is 3.25. The number of hydrogen-bond acceptors (Lipinski definition) is 4. The van der Waals surface area contributed by atoms with Crippen LogP contribution < -0.4 is 4.74 Å². The van der Waals surface area contributed by atoms with Gasteiger partial charge in [-0.2, -0.15) is 11.3 Å². The van der Waals surface area contributed by atoms with Crippen molar-refractivity contribution in [2.24, 2.45) is 0 Å². The standard InChI is InChI=1S/C13H14N2O2S/c1-15(13(16)11-5-7-18-9-11)8-10-4-3-6-14-12(10)17-2/h3-7,9H,8H2,1-2H3. The van der Waals surface area contributed by atoms with Gasteiger partial charge in [0.1, 0.15) is 0 Å². The van der Waals surface area contributed by atoms with Crippen molar-refractivity contribution in [2.75, 3.05) is 14.2 Å². The molecule has 0 bridgehead atoms. The normalized spacial score (nSPS) is 10.1. The molecule has 2 aromatic heterocycles. The number of hydrogen-bond donors (Lipinski definition) is 0. The summed E-state index contributed by atoms with van der Waals surface area (Å²) in [7, 11) is 3.35. The summed E-state index contributed by atoms with van der Waals surface area (Å²) in [5.74, 6) is 0.560. The monoisotopic (exact) mass is 262 g/mol. The van der Waals surface area contributed by atoms with Crippen molar-refractivity contribution >= 4 is 17.2 Å². The van der Waals surface area contributed by atoms with E-state index < -0.39 is 0 Å². The average Bonchev–Trinajstić information content (AvgIpc) is 2.92. The number of carbonyl (C=O) groups excluding carboxylic acids is 1. The van der Waals surface area contributed by atoms with Crippen molar-refractivity contribution < 1.29 is 9.53 Å². The van der Waals surface area contributed by atoms with E-state index in [4.69, 9.17) is 4.74 Å². The van der Waals surface area contributed by atoms with Crippen LogP contribution in [0.5, 0.6) is 5.88 Å². The minimum Gasteiger partial charge on any atom is -0.481 e. The molecule has 0 spiro atoms. The summed E-state index contributed by atoms with van der Waals surface area (Å²) in [5, 5.41) is 3.74. The van der Waals surface area contributed by atoms with Crippen LogP contribution >= 0.6 is 11.3 Å². The number of nitrogens with zero attached hydrogens (tertiary/aromatic N) is 2. The minimum absolute atomic E-state index is 0.00200. The summed E-state index contributed by atoms with van der Waals surface area (Å²) in [6, 6.07) is 5.56. The molecule has 2 heterocycles. The quantitative estimate of drug-likeness (QED) is 0.850. The Balaban J connectivity index is 2.11. The maximum Gasteiger partial charge on any atom is 0.254 e. The highest BCUT2D eigenvalue weighted by molar-refractivity contribution is 7.08. The molecule has 0 N–H and O–H groups in total. The van der Waals surface area contributed by atoms with E-state index in [1.807, 2.05) is 29.0 Å². The molecule has 0 atom stereocenters. The molecule has 0 unspecified atom stereocenters. The lowest BCUT2D eigenvalue weighted by atomic mass is 10.2. The highest BCUT2D eigenvalue weighted by atomic mass is 32.1. The zero-order valence-electron chi connectivity index (χ0n) is 10.3. The van der Waals surface area contributed by atoms with E-state index in [1.54, 1.807) is 25.3 Å². The third-order valence-electron chi connectivity index (χ3n) is 2.57. The smallest absolute Gasteiger partial charge is 0.254 e. The second-order valence-electron chi connectivity index (χ2n) is 3.85. The van der Waals surface area contributed by atoms with Gasteiger partial charge < -0.3 is 9.64 Å². The van der Waals surface area contributed by atoms with Crippen molar-refractivity contribution in [1.29, 1.82) is 0 Å². The van der Waals surface area contributed by atoms with E-state index in [1.165, 1.54) is 11.3 Å². The first kappa shape index (κ1) is 12.6. The highest BCUT2D eigenvalue weighted by Gasteiger charge is 2.14. The van der Waals surface area contributed by atoms with Gasteiger partial charge in [-0.1, -0.05) is 6.07 Å². The lowest BCUT2D eigenvalue weighted by Gasteiger charge is -2.17. The van der Waals surface area contributed by atoms with Crippen LogP contribution in [0.25, 0.3) is 0 Å². The van der Waals surface area contributed by atoms with Gasteiger partial charge >= 0.3 is 0 Å². The zero-order chi connectivity index (χ0) is 13.0. The Morgan fingerprint density at radius 3 is 3.00 bits per heavy atom. The lowest BCUT2D eigenvalue weighted by molar-refractivity contribution is 0.0784. The Morgan fingerprint density at radius 1 is 1.50 bits per heavy atom. The summed E-state index contributed by atoms with van der Waals surface area (Å²) in [6.45, 7) is 0.478. The van der Waals surface area contributed by atoms with Crippen molar-refractivity contribution in [2.45, 2.75) is 6.54 Å². The maximum absolute atomic E-state index is 12.1. The number of pyridine rings is 1. The molecule has 94 valence electrons. The molecule has 0 saturated heterocycles. The number of aromatic nitrogens is 1. The summed E-state index contributed by atoms with van der Waals surface area (Å²) in [6.07, 6.45) is 1.67. The Labute approximate surface area is 110 Å². The average molecular weight is 262 g/mol. The molecule has 0 radical (unpaired) electrons. The van der Waals surface area contributed by atoms with Gasteiger partial charge in [0.2, 0.25) is 5.88 Å². The van der Waals surface area contributed by atoms with Crippen LogP contribution in [0.2, 0.25) is 0 Å². The van der Waals surface area contributed by atoms with Crippen LogP contribution in [-0.4, -0.2) is 29.9 Å². The van der Waals surface area contributed by atoms with Gasteiger partial charge in [-0.15, -0.1) is 0 Å². The second kappa shape index (κ2) is 5.64. The van der Waals surface area contributed by atoms with Crippen LogP contribution in [0.3, 0.4) is 0 Å². The van der Waals surface area contributed by atoms with Crippen molar-refractivity contribution in [3.8, 4) is 5.88 Å². The first-order valence-corrected chi connectivity index (χ1v) is 6.42. The van der Waals surface area contributed by atoms with E-state index in [0.29, 0.717) is 18.0 Å². The Bertz CT molecular complexity index is 526. The van der Waals surface area contributed by atoms with Gasteiger partial charge in [0.15, 0.2) is 0 Å². The van der Waals surface area contributed by atoms with Crippen LogP contribution in [-0.2, 0) is 6.54 Å². The van der Waals surface area contributed by atoms with Gasteiger partial charge in [-0.3, -0.25) is 4.79 Å². The Hall–Kier alpha value is -1.88. The molecule has 2 rings (SSSR count). The zero-order valence-corrected chi connectivity index (χ0v) is 11.1. The van der Waals surface area contributed by atoms with E-state index >= 15 is 0 Å². The molecule has 2 aromatic rings. The maximum atomic E-state index is 12.1. The largest absolute Gasteiger partial charge is 0.481 e. The first-order valence-electron chi connectivity index (χ1n) is 5.48. The summed E-state index contributed by atoms with van der Waals surface area (Å²) >= 11 is 1.51. The van der Waals surface area contributed by atoms with Crippen LogP contribution in [0.1, 0.15) is 15.9 Å². The number of methoxy groups -OCH3 is 1. The van der Waals surface area contributed by atoms with Gasteiger partial charge in [0.25, 0.3) is 5.91 Å². The Morgan fingerprint density at radius 2 is 2.33 bits per heavy atom. The predicted octanol–water partition coefficient (Wildman–Crippen LogP) is 2.42. The molecule has 0 aromatic carbocycles. The number of carbonyl (C=O) groups is 1. The molecule has 0 aliphatic rings. The molecule has 0 aliphatic heterocycles. The molecule has 5 heteroatoms. The van der Waals surface area contributed by atoms with Crippen LogP contribution in [0.15, 0.2) is 35.2 Å². The molecule has 4 nitrogen and oxygen atoms in total. The van der Waals surface area contributed by atoms with E-state index in [2.05, 4.69) is 4.98 Å². The van der Waals surface area contributed by atoms with E-state index in [9.17, 15) is 4.79 Å². The van der Waals surface area contributed by atoms with Gasteiger partial charge in [0, 0.05) is 24.2 Å². The number of amides is 1. The number of ether oxygens (including phenoxy) is 1. The second-order valence-corrected chi connectivity index (χ2v) is 4.63. The lowest BCUT2D eigenvalue weighted by Crippen LogP contribution is -2.26. The fraction of sp³-hybridized carbons (Fsp3) is 0.231. The van der Waals surface area contributed by atoms with Crippen molar-refractivity contribution in [1.82, 2.24) is 9.88 Å². The molecular weight excluding hydrogens is 248 g/mol. The van der Waals surface area contributed by atoms with Gasteiger partial charge in [-0.25, -0.2) is 4.98 Å². The highest BCUT2D eigenvalue weighted by Crippen LogP contribution is 2.17. The predicted molar refractivity (Wildman–Crippen MR) is 70.9 cm³/mol. The number of thiophene rings is 1. The third kappa shape index (κ3) is 2.68. The van der Waals surface area contributed by atoms with Crippen molar-refractivity contribution in [3.63, 3.8) is 0 Å². The van der Waals surface area contributed by atoms with Crippen LogP contribution in [0, 0.1) is 0 Å². The molecule has 18 heavy (non-hydrogen) atoms. The van der Waals surface area contributed by atoms with Gasteiger partial charge in [0.05, 0.1) is 19.2 Å². The first-order chi connectivity index (χ1) is 8.72. The summed E-state index contributed by atoms with van der Waals surface area (Å²) in [4.78, 5) is 17.8. The molecular formula is C13H14N2O2S. The van der Waals surface area contributed by atoms with Crippen LogP contribution in [0.4, 0.5) is 0 Å². The molecule has 0 fully saturated rings. The summed E-state index contributed by atoms with van der Waals surface area (Å²) < 4.78 is 5.17. The fourth-order valence-electron chi connectivity index (χ4n) is 1.66. The van der Waals surface area contributed by atoms with E-state index in [0.717, 1.165) is 5.56 Å². The molecule has 0 aliphatic carbocycles. The van der Waals surface area contributed by atoms with Crippen molar-refractivity contribution in [3.05, 3.63) is 46.3 Å². The summed E-state index contributed by atoms with van der Waals surface area (Å²) in [5.41, 5.74) is 1.61. The Kier molecular flexibility index (Phi) is 3.94. The fourth-order valence-corrected chi connectivity index (χ4v) is 2.29.